The van der Waals surface area contributed by atoms with Crippen LogP contribution in [0, 0.1) is 11.3 Å². The molecule has 0 aromatic rings. The van der Waals surface area contributed by atoms with Gasteiger partial charge in [-0.25, -0.2) is 0 Å². The molecule has 0 aromatic heterocycles. The fraction of sp³-hybridized carbons (Fsp3) is 0.833. The predicted molar refractivity (Wildman–Crippen MR) is 55.2 cm³/mol. The summed E-state index contributed by atoms with van der Waals surface area (Å²) in [4.78, 5) is 0. The van der Waals surface area contributed by atoms with Crippen LogP contribution in [0.2, 0.25) is 0 Å². The molecule has 0 heteroatoms. The quantitative estimate of drug-likeness (QED) is 0.540. The van der Waals surface area contributed by atoms with Gasteiger partial charge in [-0.1, -0.05) is 39.3 Å². The van der Waals surface area contributed by atoms with Gasteiger partial charge >= 0.3 is 0 Å². The standard InChI is InChI=1S/C12H22/c1-5-10-8-7-9-12(3,4)11(10)6-2/h8,11H,5-7,9H2,1-4H3. The number of hydrogen-bond acceptors (Lipinski definition) is 0. The maximum atomic E-state index is 2.47. The normalized spacial score (nSPS) is 28.3. The Morgan fingerprint density at radius 1 is 1.42 bits per heavy atom. The largest absolute Gasteiger partial charge is 0.0850 e. The zero-order chi connectivity index (χ0) is 9.19. The SMILES string of the molecule is CCC1=CCCC(C)(C)C1CC. The van der Waals surface area contributed by atoms with Crippen LogP contribution in [0.5, 0.6) is 0 Å². The Morgan fingerprint density at radius 2 is 2.08 bits per heavy atom. The molecule has 1 aliphatic rings. The highest BCUT2D eigenvalue weighted by atomic mass is 14.4. The van der Waals surface area contributed by atoms with Crippen LogP contribution < -0.4 is 0 Å². The van der Waals surface area contributed by atoms with Crippen molar-refractivity contribution in [2.24, 2.45) is 11.3 Å². The molecule has 0 bridgehead atoms. The molecule has 1 aliphatic carbocycles. The fourth-order valence-electron chi connectivity index (χ4n) is 2.65. The van der Waals surface area contributed by atoms with E-state index in [0.29, 0.717) is 5.41 Å². The lowest BCUT2D eigenvalue weighted by atomic mass is 9.67. The summed E-state index contributed by atoms with van der Waals surface area (Å²) in [5.41, 5.74) is 2.25. The Bertz CT molecular complexity index is 174. The van der Waals surface area contributed by atoms with Crippen molar-refractivity contribution in [2.75, 3.05) is 0 Å². The van der Waals surface area contributed by atoms with E-state index in [1.807, 2.05) is 0 Å². The predicted octanol–water partition coefficient (Wildman–Crippen LogP) is 4.17. The molecule has 1 unspecified atom stereocenters. The summed E-state index contributed by atoms with van der Waals surface area (Å²) in [6.45, 7) is 9.45. The molecule has 0 nitrogen and oxygen atoms in total. The minimum Gasteiger partial charge on any atom is -0.0850 e. The number of rotatable bonds is 2. The van der Waals surface area contributed by atoms with Crippen molar-refractivity contribution in [1.29, 1.82) is 0 Å². The molecule has 0 saturated heterocycles. The lowest BCUT2D eigenvalue weighted by Gasteiger charge is -2.38. The van der Waals surface area contributed by atoms with Crippen molar-refractivity contribution < 1.29 is 0 Å². The van der Waals surface area contributed by atoms with Crippen molar-refractivity contribution in [3.8, 4) is 0 Å². The van der Waals surface area contributed by atoms with Crippen LogP contribution in [0.15, 0.2) is 11.6 Å². The summed E-state index contributed by atoms with van der Waals surface area (Å²) in [7, 11) is 0. The van der Waals surface area contributed by atoms with Crippen molar-refractivity contribution in [1.82, 2.24) is 0 Å². The van der Waals surface area contributed by atoms with Crippen LogP contribution in [-0.4, -0.2) is 0 Å². The number of allylic oxidation sites excluding steroid dienone is 2. The molecule has 0 spiro atoms. The maximum absolute atomic E-state index is 2.47. The molecule has 0 heterocycles. The van der Waals surface area contributed by atoms with Crippen LogP contribution in [0.1, 0.15) is 53.4 Å². The Balaban J connectivity index is 2.82. The van der Waals surface area contributed by atoms with E-state index in [-0.39, 0.29) is 0 Å². The molecular weight excluding hydrogens is 144 g/mol. The first-order valence-electron chi connectivity index (χ1n) is 5.30. The first kappa shape index (κ1) is 9.83. The first-order chi connectivity index (χ1) is 5.61. The van der Waals surface area contributed by atoms with Crippen LogP contribution >= 0.6 is 0 Å². The van der Waals surface area contributed by atoms with Crippen molar-refractivity contribution in [2.45, 2.75) is 53.4 Å². The van der Waals surface area contributed by atoms with Crippen molar-refractivity contribution >= 4 is 0 Å². The summed E-state index contributed by atoms with van der Waals surface area (Å²) in [6, 6.07) is 0. The van der Waals surface area contributed by atoms with Crippen LogP contribution in [-0.2, 0) is 0 Å². The molecule has 0 fully saturated rings. The highest BCUT2D eigenvalue weighted by Gasteiger charge is 2.31. The molecule has 1 rings (SSSR count). The van der Waals surface area contributed by atoms with E-state index in [1.54, 1.807) is 5.57 Å². The second-order valence-corrected chi connectivity index (χ2v) is 4.62. The molecule has 0 aliphatic heterocycles. The van der Waals surface area contributed by atoms with E-state index in [4.69, 9.17) is 0 Å². The van der Waals surface area contributed by atoms with Gasteiger partial charge in [-0.2, -0.15) is 0 Å². The smallest absolute Gasteiger partial charge is 0.0154 e. The van der Waals surface area contributed by atoms with Gasteiger partial charge in [0.25, 0.3) is 0 Å². The topological polar surface area (TPSA) is 0 Å². The van der Waals surface area contributed by atoms with Crippen LogP contribution in [0.25, 0.3) is 0 Å². The van der Waals surface area contributed by atoms with E-state index < -0.39 is 0 Å². The van der Waals surface area contributed by atoms with Gasteiger partial charge in [0.05, 0.1) is 0 Å². The summed E-state index contributed by atoms with van der Waals surface area (Å²) in [6.07, 6.45) is 7.70. The molecule has 1 atom stereocenters. The second-order valence-electron chi connectivity index (χ2n) is 4.62. The van der Waals surface area contributed by atoms with E-state index in [0.717, 1.165) is 5.92 Å². The fourth-order valence-corrected chi connectivity index (χ4v) is 2.65. The summed E-state index contributed by atoms with van der Waals surface area (Å²) in [5, 5.41) is 0. The van der Waals surface area contributed by atoms with Gasteiger partial charge in [-0.15, -0.1) is 0 Å². The van der Waals surface area contributed by atoms with Gasteiger partial charge in [0.1, 0.15) is 0 Å². The Hall–Kier alpha value is -0.260. The third-order valence-electron chi connectivity index (χ3n) is 3.40. The highest BCUT2D eigenvalue weighted by Crippen LogP contribution is 2.43. The summed E-state index contributed by atoms with van der Waals surface area (Å²) in [5.74, 6) is 0.844. The maximum Gasteiger partial charge on any atom is -0.0154 e. The zero-order valence-electron chi connectivity index (χ0n) is 8.98. The van der Waals surface area contributed by atoms with Crippen molar-refractivity contribution in [3.05, 3.63) is 11.6 Å². The minimum atomic E-state index is 0.550. The third-order valence-corrected chi connectivity index (χ3v) is 3.40. The van der Waals surface area contributed by atoms with Crippen LogP contribution in [0.3, 0.4) is 0 Å². The average Bonchev–Trinajstić information content (AvgIpc) is 2.02. The molecule has 70 valence electrons. The van der Waals surface area contributed by atoms with Crippen LogP contribution in [0.4, 0.5) is 0 Å². The molecular formula is C12H22. The van der Waals surface area contributed by atoms with E-state index >= 15 is 0 Å². The first-order valence-corrected chi connectivity index (χ1v) is 5.30. The molecule has 0 radical (unpaired) electrons. The Morgan fingerprint density at radius 3 is 2.50 bits per heavy atom. The lowest BCUT2D eigenvalue weighted by Crippen LogP contribution is -2.27. The van der Waals surface area contributed by atoms with Crippen molar-refractivity contribution in [3.63, 3.8) is 0 Å². The van der Waals surface area contributed by atoms with Gasteiger partial charge in [-0.3, -0.25) is 0 Å². The van der Waals surface area contributed by atoms with Gasteiger partial charge < -0.3 is 0 Å². The third kappa shape index (κ3) is 1.73. The molecule has 0 amide bonds. The zero-order valence-corrected chi connectivity index (χ0v) is 8.98. The monoisotopic (exact) mass is 166 g/mol. The summed E-state index contributed by atoms with van der Waals surface area (Å²) < 4.78 is 0. The van der Waals surface area contributed by atoms with E-state index in [1.165, 1.54) is 25.7 Å². The van der Waals surface area contributed by atoms with Gasteiger partial charge in [-0.05, 0) is 37.0 Å². The average molecular weight is 166 g/mol. The van der Waals surface area contributed by atoms with Gasteiger partial charge in [0, 0.05) is 0 Å². The van der Waals surface area contributed by atoms with Gasteiger partial charge in [0.15, 0.2) is 0 Å². The molecule has 0 N–H and O–H groups in total. The molecule has 0 saturated carbocycles. The van der Waals surface area contributed by atoms with Gasteiger partial charge in [0.2, 0.25) is 0 Å². The number of hydrogen-bond donors (Lipinski definition) is 0. The molecule has 0 aromatic carbocycles. The lowest BCUT2D eigenvalue weighted by molar-refractivity contribution is 0.206. The molecule has 12 heavy (non-hydrogen) atoms. The highest BCUT2D eigenvalue weighted by molar-refractivity contribution is 5.13. The minimum absolute atomic E-state index is 0.550. The second kappa shape index (κ2) is 3.64. The summed E-state index contributed by atoms with van der Waals surface area (Å²) >= 11 is 0. The van der Waals surface area contributed by atoms with E-state index in [9.17, 15) is 0 Å². The van der Waals surface area contributed by atoms with E-state index in [2.05, 4.69) is 33.8 Å². The Labute approximate surface area is 77.1 Å². The Kier molecular flexibility index (Phi) is 2.98.